The maximum atomic E-state index is 12.5. The van der Waals surface area contributed by atoms with Gasteiger partial charge in [-0.3, -0.25) is 4.79 Å². The molecule has 0 aromatic rings. The van der Waals surface area contributed by atoms with Gasteiger partial charge in [-0.1, -0.05) is 13.8 Å². The third-order valence-corrected chi connectivity index (χ3v) is 6.30. The van der Waals surface area contributed by atoms with Gasteiger partial charge in [0.15, 0.2) is 11.8 Å². The summed E-state index contributed by atoms with van der Waals surface area (Å²) in [5.74, 6) is 6.03. The monoisotopic (exact) mass is 296 g/mol. The number of nitrogens with zero attached hydrogens (tertiary/aromatic N) is 1. The van der Waals surface area contributed by atoms with Crippen LogP contribution in [0.3, 0.4) is 0 Å². The van der Waals surface area contributed by atoms with Gasteiger partial charge in [-0.25, -0.2) is 20.6 Å². The van der Waals surface area contributed by atoms with Gasteiger partial charge in [-0.15, -0.1) is 0 Å². The topological polar surface area (TPSA) is 74.0 Å². The van der Waals surface area contributed by atoms with E-state index in [1.165, 1.54) is 5.01 Å². The Hall–Kier alpha value is -0.690. The summed E-state index contributed by atoms with van der Waals surface area (Å²) in [7, 11) is 0. The van der Waals surface area contributed by atoms with Crippen molar-refractivity contribution in [1.82, 2.24) is 5.01 Å². The maximum absolute atomic E-state index is 12.5. The van der Waals surface area contributed by atoms with Gasteiger partial charge < -0.3 is 4.74 Å². The predicted molar refractivity (Wildman–Crippen MR) is 73.0 cm³/mol. The van der Waals surface area contributed by atoms with Crippen molar-refractivity contribution in [1.29, 1.82) is 0 Å². The Morgan fingerprint density at radius 3 is 2.71 bits per heavy atom. The second-order valence-corrected chi connectivity index (χ2v) is 7.46. The molecule has 5 fully saturated rings. The summed E-state index contributed by atoms with van der Waals surface area (Å²) >= 11 is 0. The van der Waals surface area contributed by atoms with E-state index in [2.05, 4.69) is 6.92 Å². The van der Waals surface area contributed by atoms with Crippen LogP contribution in [0.5, 0.6) is 0 Å². The highest BCUT2D eigenvalue weighted by molar-refractivity contribution is 5.80. The van der Waals surface area contributed by atoms with Gasteiger partial charge in [-0.05, 0) is 38.0 Å². The number of hydrazine groups is 1. The first-order chi connectivity index (χ1) is 9.89. The van der Waals surface area contributed by atoms with Gasteiger partial charge in [0.05, 0.1) is 0 Å². The molecule has 6 heteroatoms. The lowest BCUT2D eigenvalue weighted by atomic mass is 9.57. The first-order valence-corrected chi connectivity index (χ1v) is 8.01. The average molecular weight is 296 g/mol. The summed E-state index contributed by atoms with van der Waals surface area (Å²) in [4.78, 5) is 24.2. The molecule has 1 saturated carbocycles. The Labute approximate surface area is 124 Å². The number of ether oxygens (including phenoxy) is 1. The minimum Gasteiger partial charge on any atom is -0.319 e. The maximum Gasteiger partial charge on any atom is 0.242 e. The molecule has 2 bridgehead atoms. The molecule has 5 aliphatic rings. The van der Waals surface area contributed by atoms with E-state index in [1.807, 2.05) is 13.8 Å². The van der Waals surface area contributed by atoms with E-state index < -0.39 is 17.6 Å². The lowest BCUT2D eigenvalue weighted by Crippen LogP contribution is -2.76. The average Bonchev–Trinajstić information content (AvgIpc) is 2.69. The van der Waals surface area contributed by atoms with Crippen LogP contribution in [0.1, 0.15) is 46.5 Å². The minimum absolute atomic E-state index is 0.0521. The number of nitrogens with two attached hydrogens (primary N) is 1. The number of hydrogen-bond donors (Lipinski definition) is 1. The van der Waals surface area contributed by atoms with Gasteiger partial charge in [-0.2, -0.15) is 0 Å². The highest BCUT2D eigenvalue weighted by atomic mass is 17.3. The van der Waals surface area contributed by atoms with E-state index in [-0.39, 0.29) is 17.7 Å². The summed E-state index contributed by atoms with van der Waals surface area (Å²) in [6.07, 6.45) is 3.29. The van der Waals surface area contributed by atoms with Crippen LogP contribution in [-0.4, -0.2) is 28.5 Å². The third kappa shape index (κ3) is 1.59. The van der Waals surface area contributed by atoms with E-state index in [0.717, 1.165) is 25.7 Å². The second-order valence-electron chi connectivity index (χ2n) is 7.46. The molecule has 0 aromatic heterocycles. The van der Waals surface area contributed by atoms with Crippen molar-refractivity contribution in [3.05, 3.63) is 0 Å². The first kappa shape index (κ1) is 13.9. The van der Waals surface area contributed by atoms with Crippen molar-refractivity contribution in [3.63, 3.8) is 0 Å². The standard InChI is InChI=1S/C15H24N2O4/c1-8-4-5-11-9(2)12(18)17(16)13-15(11)10(8)6-7-14(3,19-13)20-21-15/h8-11,13H,4-7,16H2,1-3H3/t8-,9-,10+,11+,13+,14+,15-/m1/s1. The summed E-state index contributed by atoms with van der Waals surface area (Å²) in [5.41, 5.74) is -0.615. The zero-order valence-electron chi connectivity index (χ0n) is 12.9. The van der Waals surface area contributed by atoms with Crippen LogP contribution in [0.2, 0.25) is 0 Å². The van der Waals surface area contributed by atoms with Crippen LogP contribution in [0, 0.1) is 23.7 Å². The summed E-state index contributed by atoms with van der Waals surface area (Å²) < 4.78 is 6.14. The van der Waals surface area contributed by atoms with Crippen molar-refractivity contribution in [3.8, 4) is 0 Å². The van der Waals surface area contributed by atoms with Crippen molar-refractivity contribution in [2.75, 3.05) is 0 Å². The van der Waals surface area contributed by atoms with E-state index in [0.29, 0.717) is 11.8 Å². The molecule has 118 valence electrons. The van der Waals surface area contributed by atoms with Crippen molar-refractivity contribution in [2.45, 2.75) is 64.1 Å². The van der Waals surface area contributed by atoms with E-state index >= 15 is 0 Å². The molecule has 4 heterocycles. The zero-order valence-corrected chi connectivity index (χ0v) is 12.9. The van der Waals surface area contributed by atoms with Gasteiger partial charge >= 0.3 is 0 Å². The van der Waals surface area contributed by atoms with Crippen LogP contribution in [0.25, 0.3) is 0 Å². The fourth-order valence-electron chi connectivity index (χ4n) is 5.09. The lowest BCUT2D eigenvalue weighted by Gasteiger charge is -2.60. The summed E-state index contributed by atoms with van der Waals surface area (Å²) in [6.45, 7) is 6.08. The molecule has 7 atom stereocenters. The van der Waals surface area contributed by atoms with E-state index in [9.17, 15) is 4.79 Å². The predicted octanol–water partition coefficient (Wildman–Crippen LogP) is 1.55. The molecular weight excluding hydrogens is 272 g/mol. The summed E-state index contributed by atoms with van der Waals surface area (Å²) in [6, 6.07) is 0. The number of rotatable bonds is 0. The number of piperidine rings is 1. The van der Waals surface area contributed by atoms with Crippen LogP contribution >= 0.6 is 0 Å². The molecule has 0 aromatic carbocycles. The minimum atomic E-state index is -0.810. The Kier molecular flexibility index (Phi) is 2.78. The normalized spacial score (nSPS) is 56.1. The second kappa shape index (κ2) is 4.19. The van der Waals surface area contributed by atoms with Crippen LogP contribution in [-0.2, 0) is 19.3 Å². The van der Waals surface area contributed by atoms with E-state index in [4.69, 9.17) is 20.4 Å². The van der Waals surface area contributed by atoms with Gasteiger partial charge in [0.2, 0.25) is 11.7 Å². The molecule has 0 radical (unpaired) electrons. The highest BCUT2D eigenvalue weighted by Gasteiger charge is 2.70. The first-order valence-electron chi connectivity index (χ1n) is 8.01. The van der Waals surface area contributed by atoms with Crippen LogP contribution < -0.4 is 5.84 Å². The molecule has 6 nitrogen and oxygen atoms in total. The molecule has 1 spiro atoms. The quantitative estimate of drug-likeness (QED) is 0.417. The highest BCUT2D eigenvalue weighted by Crippen LogP contribution is 2.59. The molecule has 1 aliphatic carbocycles. The zero-order chi connectivity index (χ0) is 15.0. The Morgan fingerprint density at radius 1 is 1.19 bits per heavy atom. The SMILES string of the molecule is C[C@@H]1CC[C@H]2[C@@H](C)C(=O)N(N)[C@H]3O[C@]4(C)CC[C@@H]1[C@]32OO4. The van der Waals surface area contributed by atoms with Crippen LogP contribution in [0.4, 0.5) is 0 Å². The van der Waals surface area contributed by atoms with Gasteiger partial charge in [0.25, 0.3) is 0 Å². The van der Waals surface area contributed by atoms with Gasteiger partial charge in [0.1, 0.15) is 0 Å². The molecule has 4 saturated heterocycles. The number of amides is 1. The Morgan fingerprint density at radius 2 is 1.95 bits per heavy atom. The van der Waals surface area contributed by atoms with E-state index in [1.54, 1.807) is 0 Å². The van der Waals surface area contributed by atoms with Gasteiger partial charge in [0, 0.05) is 18.3 Å². The molecule has 1 amide bonds. The molecule has 2 N–H and O–H groups in total. The summed E-state index contributed by atoms with van der Waals surface area (Å²) in [5, 5.41) is 1.26. The third-order valence-electron chi connectivity index (χ3n) is 6.30. The fraction of sp³-hybridized carbons (Fsp3) is 0.933. The number of fused-ring (bicyclic) bond motifs is 2. The molecule has 21 heavy (non-hydrogen) atoms. The Balaban J connectivity index is 1.87. The molecular formula is C15H24N2O4. The number of hydrogen-bond acceptors (Lipinski definition) is 5. The fourth-order valence-corrected chi connectivity index (χ4v) is 5.09. The lowest BCUT2D eigenvalue weighted by molar-refractivity contribution is -0.548. The smallest absolute Gasteiger partial charge is 0.242 e. The largest absolute Gasteiger partial charge is 0.319 e. The van der Waals surface area contributed by atoms with Crippen LogP contribution in [0.15, 0.2) is 0 Å². The molecule has 4 aliphatic heterocycles. The Bertz CT molecular complexity index is 486. The number of carbonyl (C=O) groups excluding carboxylic acids is 1. The van der Waals surface area contributed by atoms with Crippen molar-refractivity contribution in [2.24, 2.45) is 29.5 Å². The van der Waals surface area contributed by atoms with Crippen molar-refractivity contribution >= 4 is 5.91 Å². The molecule has 5 rings (SSSR count). The number of carbonyl (C=O) groups is 1. The van der Waals surface area contributed by atoms with Crippen molar-refractivity contribution < 1.29 is 19.3 Å². The molecule has 0 unspecified atom stereocenters.